The Kier molecular flexibility index (Phi) is 2.80. The standard InChI is InChI=1S/C10H13N3O2/c14-10(15)8-9(12-5-4-11-8)13-6-7-2-1-3-7/h4-5,7H,1-3,6H2,(H,12,13)(H,14,15). The van der Waals surface area contributed by atoms with Crippen molar-refractivity contribution in [1.29, 1.82) is 0 Å². The molecular formula is C10H13N3O2. The minimum absolute atomic E-state index is 0.00294. The highest BCUT2D eigenvalue weighted by atomic mass is 16.4. The predicted octanol–water partition coefficient (Wildman–Crippen LogP) is 1.39. The van der Waals surface area contributed by atoms with E-state index in [0.717, 1.165) is 6.54 Å². The van der Waals surface area contributed by atoms with E-state index >= 15 is 0 Å². The van der Waals surface area contributed by atoms with Crippen LogP contribution in [0.5, 0.6) is 0 Å². The summed E-state index contributed by atoms with van der Waals surface area (Å²) in [4.78, 5) is 18.6. The lowest BCUT2D eigenvalue weighted by atomic mass is 9.85. The highest BCUT2D eigenvalue weighted by molar-refractivity contribution is 5.90. The number of rotatable bonds is 4. The van der Waals surface area contributed by atoms with Gasteiger partial charge in [0, 0.05) is 18.9 Å². The second-order valence-electron chi connectivity index (χ2n) is 3.74. The number of nitrogens with one attached hydrogen (secondary N) is 1. The summed E-state index contributed by atoms with van der Waals surface area (Å²) in [7, 11) is 0. The van der Waals surface area contributed by atoms with Crippen LogP contribution in [0.3, 0.4) is 0 Å². The van der Waals surface area contributed by atoms with Crippen molar-refractivity contribution in [3.05, 3.63) is 18.1 Å². The van der Waals surface area contributed by atoms with Gasteiger partial charge in [0.05, 0.1) is 0 Å². The Labute approximate surface area is 87.6 Å². The molecule has 0 radical (unpaired) electrons. The molecule has 1 fully saturated rings. The zero-order valence-corrected chi connectivity index (χ0v) is 8.31. The van der Waals surface area contributed by atoms with E-state index in [1.165, 1.54) is 31.7 Å². The number of aromatic nitrogens is 2. The van der Waals surface area contributed by atoms with E-state index in [-0.39, 0.29) is 5.69 Å². The molecule has 80 valence electrons. The van der Waals surface area contributed by atoms with E-state index in [1.807, 2.05) is 0 Å². The quantitative estimate of drug-likeness (QED) is 0.780. The summed E-state index contributed by atoms with van der Waals surface area (Å²) in [5.74, 6) is -0.00948. The number of carboxylic acids is 1. The summed E-state index contributed by atoms with van der Waals surface area (Å²) in [6.07, 6.45) is 6.59. The molecule has 1 heterocycles. The SMILES string of the molecule is O=C(O)c1nccnc1NCC1CCC1. The first-order chi connectivity index (χ1) is 7.27. The summed E-state index contributed by atoms with van der Waals surface area (Å²) in [6, 6.07) is 0. The largest absolute Gasteiger partial charge is 0.476 e. The van der Waals surface area contributed by atoms with Crippen LogP contribution in [0, 0.1) is 5.92 Å². The van der Waals surface area contributed by atoms with Crippen molar-refractivity contribution in [3.8, 4) is 0 Å². The van der Waals surface area contributed by atoms with Crippen LogP contribution in [0.1, 0.15) is 29.8 Å². The number of anilines is 1. The van der Waals surface area contributed by atoms with Gasteiger partial charge in [0.1, 0.15) is 0 Å². The van der Waals surface area contributed by atoms with Crippen molar-refractivity contribution in [2.75, 3.05) is 11.9 Å². The molecule has 0 amide bonds. The van der Waals surface area contributed by atoms with E-state index in [9.17, 15) is 4.79 Å². The van der Waals surface area contributed by atoms with Gasteiger partial charge < -0.3 is 10.4 Å². The second kappa shape index (κ2) is 4.25. The second-order valence-corrected chi connectivity index (χ2v) is 3.74. The fourth-order valence-electron chi connectivity index (χ4n) is 1.56. The lowest BCUT2D eigenvalue weighted by Crippen LogP contribution is -2.22. The molecule has 1 aromatic rings. The van der Waals surface area contributed by atoms with Crippen LogP contribution < -0.4 is 5.32 Å². The van der Waals surface area contributed by atoms with Gasteiger partial charge in [-0.3, -0.25) is 0 Å². The molecule has 2 rings (SSSR count). The highest BCUT2D eigenvalue weighted by Crippen LogP contribution is 2.26. The van der Waals surface area contributed by atoms with Crippen molar-refractivity contribution >= 4 is 11.8 Å². The normalized spacial score (nSPS) is 15.7. The van der Waals surface area contributed by atoms with E-state index in [0.29, 0.717) is 11.7 Å². The number of hydrogen-bond acceptors (Lipinski definition) is 4. The van der Waals surface area contributed by atoms with Crippen molar-refractivity contribution in [3.63, 3.8) is 0 Å². The van der Waals surface area contributed by atoms with Gasteiger partial charge in [-0.15, -0.1) is 0 Å². The van der Waals surface area contributed by atoms with Crippen LogP contribution in [0.15, 0.2) is 12.4 Å². The molecular weight excluding hydrogens is 194 g/mol. The van der Waals surface area contributed by atoms with E-state index < -0.39 is 5.97 Å². The number of hydrogen-bond donors (Lipinski definition) is 2. The van der Waals surface area contributed by atoms with Crippen LogP contribution in [0.2, 0.25) is 0 Å². The first kappa shape index (κ1) is 9.89. The fourth-order valence-corrected chi connectivity index (χ4v) is 1.56. The van der Waals surface area contributed by atoms with Crippen LogP contribution >= 0.6 is 0 Å². The Hall–Kier alpha value is -1.65. The highest BCUT2D eigenvalue weighted by Gasteiger charge is 2.19. The monoisotopic (exact) mass is 207 g/mol. The van der Waals surface area contributed by atoms with Gasteiger partial charge >= 0.3 is 5.97 Å². The number of carbonyl (C=O) groups is 1. The Bertz CT molecular complexity index is 363. The van der Waals surface area contributed by atoms with Gasteiger partial charge in [-0.1, -0.05) is 6.42 Å². The van der Waals surface area contributed by atoms with E-state index in [4.69, 9.17) is 5.11 Å². The molecule has 0 unspecified atom stereocenters. The van der Waals surface area contributed by atoms with Crippen molar-refractivity contribution in [1.82, 2.24) is 9.97 Å². The average Bonchev–Trinajstić information content (AvgIpc) is 2.16. The first-order valence-electron chi connectivity index (χ1n) is 5.05. The van der Waals surface area contributed by atoms with Gasteiger partial charge in [-0.25, -0.2) is 14.8 Å². The van der Waals surface area contributed by atoms with Crippen molar-refractivity contribution < 1.29 is 9.90 Å². The Morgan fingerprint density at radius 1 is 1.47 bits per heavy atom. The molecule has 0 saturated heterocycles. The minimum atomic E-state index is -1.04. The lowest BCUT2D eigenvalue weighted by Gasteiger charge is -2.25. The van der Waals surface area contributed by atoms with Crippen molar-refractivity contribution in [2.24, 2.45) is 5.92 Å². The van der Waals surface area contributed by atoms with E-state index in [1.54, 1.807) is 0 Å². The summed E-state index contributed by atoms with van der Waals surface area (Å²) < 4.78 is 0. The van der Waals surface area contributed by atoms with Gasteiger partial charge in [-0.2, -0.15) is 0 Å². The fraction of sp³-hybridized carbons (Fsp3) is 0.500. The van der Waals surface area contributed by atoms with Crippen LogP contribution in [0.4, 0.5) is 5.82 Å². The molecule has 5 nitrogen and oxygen atoms in total. The molecule has 15 heavy (non-hydrogen) atoms. The van der Waals surface area contributed by atoms with Gasteiger partial charge in [0.25, 0.3) is 0 Å². The molecule has 5 heteroatoms. The molecule has 0 aliphatic heterocycles. The number of aromatic carboxylic acids is 1. The van der Waals surface area contributed by atoms with Gasteiger partial charge in [0.15, 0.2) is 11.5 Å². The number of carboxylic acid groups (broad SMARTS) is 1. The Morgan fingerprint density at radius 3 is 2.80 bits per heavy atom. The average molecular weight is 207 g/mol. The van der Waals surface area contributed by atoms with Crippen LogP contribution in [-0.2, 0) is 0 Å². The summed E-state index contributed by atoms with van der Waals surface area (Å²) in [5.41, 5.74) is -0.00294. The van der Waals surface area contributed by atoms with E-state index in [2.05, 4.69) is 15.3 Å². The van der Waals surface area contributed by atoms with Gasteiger partial charge in [0.2, 0.25) is 0 Å². The molecule has 2 N–H and O–H groups in total. The zero-order valence-electron chi connectivity index (χ0n) is 8.31. The molecule has 1 aliphatic carbocycles. The summed E-state index contributed by atoms with van der Waals surface area (Å²) >= 11 is 0. The molecule has 0 aromatic carbocycles. The van der Waals surface area contributed by atoms with Crippen LogP contribution in [-0.4, -0.2) is 27.6 Å². The van der Waals surface area contributed by atoms with Crippen LogP contribution in [0.25, 0.3) is 0 Å². The smallest absolute Gasteiger partial charge is 0.358 e. The lowest BCUT2D eigenvalue weighted by molar-refractivity contribution is 0.0691. The van der Waals surface area contributed by atoms with Crippen molar-refractivity contribution in [2.45, 2.75) is 19.3 Å². The topological polar surface area (TPSA) is 75.1 Å². The maximum atomic E-state index is 10.8. The molecule has 0 atom stereocenters. The molecule has 1 aliphatic rings. The summed E-state index contributed by atoms with van der Waals surface area (Å²) in [5, 5.41) is 11.9. The molecule has 0 spiro atoms. The third kappa shape index (κ3) is 2.23. The predicted molar refractivity (Wildman–Crippen MR) is 54.8 cm³/mol. The zero-order chi connectivity index (χ0) is 10.7. The summed E-state index contributed by atoms with van der Waals surface area (Å²) in [6.45, 7) is 0.791. The maximum Gasteiger partial charge on any atom is 0.358 e. The van der Waals surface area contributed by atoms with Gasteiger partial charge in [-0.05, 0) is 18.8 Å². The molecule has 1 aromatic heterocycles. The third-order valence-electron chi connectivity index (χ3n) is 2.68. The Morgan fingerprint density at radius 2 is 2.20 bits per heavy atom. The third-order valence-corrected chi connectivity index (χ3v) is 2.68. The molecule has 1 saturated carbocycles. The first-order valence-corrected chi connectivity index (χ1v) is 5.05. The Balaban J connectivity index is 2.02. The number of nitrogens with zero attached hydrogens (tertiary/aromatic N) is 2. The minimum Gasteiger partial charge on any atom is -0.476 e. The molecule has 0 bridgehead atoms. The maximum absolute atomic E-state index is 10.8.